The molecule has 4 rings (SSSR count). The summed E-state index contributed by atoms with van der Waals surface area (Å²) in [6.07, 6.45) is 0.590. The molecule has 194 valence electrons. The number of aromatic amines is 1. The van der Waals surface area contributed by atoms with Gasteiger partial charge < -0.3 is 14.5 Å². The highest BCUT2D eigenvalue weighted by Crippen LogP contribution is 2.27. The number of hydrogen-bond donors (Lipinski definition) is 1. The lowest BCUT2D eigenvalue weighted by atomic mass is 10.1. The number of methoxy groups -OCH3 is 1. The molecule has 2 heterocycles. The maximum absolute atomic E-state index is 13.6. The average molecular weight is 509 g/mol. The standard InChI is InChI=1S/C26H29FN6O4/c1-4-23(25-29-30-31-33(25)16-24(34)37-5-2)32(14-17-6-9-20(27)10-7-17)15-19-12-18-8-11-21(36-3)13-22(18)28-26(19)35/h6-13,23H,4-5,14-16H2,1-3H3,(H,28,35)/t23-/m0/s1. The van der Waals surface area contributed by atoms with Crippen molar-refractivity contribution in [3.05, 3.63) is 81.7 Å². The molecule has 2 aromatic carbocycles. The molecule has 0 radical (unpaired) electrons. The Morgan fingerprint density at radius 2 is 1.92 bits per heavy atom. The van der Waals surface area contributed by atoms with E-state index in [9.17, 15) is 14.0 Å². The molecular weight excluding hydrogens is 479 g/mol. The minimum Gasteiger partial charge on any atom is -0.497 e. The molecule has 0 spiro atoms. The molecule has 0 saturated heterocycles. The van der Waals surface area contributed by atoms with Gasteiger partial charge in [-0.25, -0.2) is 9.07 Å². The summed E-state index contributed by atoms with van der Waals surface area (Å²) in [5, 5.41) is 12.8. The SMILES string of the molecule is CCOC(=O)Cn1nnnc1[C@H](CC)N(Cc1ccc(F)cc1)Cc1cc2ccc(OC)cc2[nH]c1=O. The summed E-state index contributed by atoms with van der Waals surface area (Å²) in [6, 6.07) is 13.2. The fraction of sp³-hybridized carbons (Fsp3) is 0.346. The van der Waals surface area contributed by atoms with E-state index < -0.39 is 5.97 Å². The maximum atomic E-state index is 13.6. The van der Waals surface area contributed by atoms with E-state index in [2.05, 4.69) is 20.5 Å². The predicted molar refractivity (Wildman–Crippen MR) is 134 cm³/mol. The van der Waals surface area contributed by atoms with E-state index in [1.54, 1.807) is 32.2 Å². The molecule has 1 atom stereocenters. The fourth-order valence-corrected chi connectivity index (χ4v) is 4.29. The summed E-state index contributed by atoms with van der Waals surface area (Å²) in [5.74, 6) is 0.340. The second-order valence-corrected chi connectivity index (χ2v) is 8.53. The zero-order valence-corrected chi connectivity index (χ0v) is 21.0. The summed E-state index contributed by atoms with van der Waals surface area (Å²) < 4.78 is 25.3. The molecule has 2 aromatic heterocycles. The molecule has 0 amide bonds. The minimum absolute atomic E-state index is 0.130. The van der Waals surface area contributed by atoms with E-state index >= 15 is 0 Å². The highest BCUT2D eigenvalue weighted by atomic mass is 19.1. The van der Waals surface area contributed by atoms with Gasteiger partial charge in [0.1, 0.15) is 18.1 Å². The first-order chi connectivity index (χ1) is 17.9. The Morgan fingerprint density at radius 3 is 2.62 bits per heavy atom. The van der Waals surface area contributed by atoms with Crippen molar-refractivity contribution in [1.29, 1.82) is 0 Å². The van der Waals surface area contributed by atoms with Crippen LogP contribution in [0.15, 0.2) is 53.3 Å². The third kappa shape index (κ3) is 6.18. The van der Waals surface area contributed by atoms with Crippen molar-refractivity contribution in [3.8, 4) is 5.75 Å². The van der Waals surface area contributed by atoms with Crippen molar-refractivity contribution in [3.63, 3.8) is 0 Å². The number of rotatable bonds is 11. The number of nitrogens with zero attached hydrogens (tertiary/aromatic N) is 5. The smallest absolute Gasteiger partial charge is 0.327 e. The van der Waals surface area contributed by atoms with Crippen LogP contribution in [0.1, 0.15) is 43.3 Å². The van der Waals surface area contributed by atoms with E-state index in [1.165, 1.54) is 16.8 Å². The van der Waals surface area contributed by atoms with Crippen LogP contribution < -0.4 is 10.3 Å². The van der Waals surface area contributed by atoms with Crippen molar-refractivity contribution in [2.75, 3.05) is 13.7 Å². The zero-order valence-electron chi connectivity index (χ0n) is 21.0. The third-order valence-corrected chi connectivity index (χ3v) is 6.07. The maximum Gasteiger partial charge on any atom is 0.327 e. The van der Waals surface area contributed by atoms with E-state index in [1.807, 2.05) is 30.0 Å². The number of H-pyrrole nitrogens is 1. The van der Waals surface area contributed by atoms with Crippen molar-refractivity contribution in [1.82, 2.24) is 30.1 Å². The van der Waals surface area contributed by atoms with Gasteiger partial charge in [-0.05, 0) is 65.1 Å². The minimum atomic E-state index is -0.447. The number of pyridine rings is 1. The van der Waals surface area contributed by atoms with Crippen molar-refractivity contribution >= 4 is 16.9 Å². The van der Waals surface area contributed by atoms with Gasteiger partial charge in [0.05, 0.1) is 25.3 Å². The Hall–Kier alpha value is -4.12. The monoisotopic (exact) mass is 508 g/mol. The Morgan fingerprint density at radius 1 is 1.14 bits per heavy atom. The average Bonchev–Trinajstić information content (AvgIpc) is 3.33. The summed E-state index contributed by atoms with van der Waals surface area (Å²) >= 11 is 0. The van der Waals surface area contributed by atoms with Gasteiger partial charge in [0, 0.05) is 24.7 Å². The summed E-state index contributed by atoms with van der Waals surface area (Å²) in [5.41, 5.74) is 1.84. The number of benzene rings is 2. The van der Waals surface area contributed by atoms with Gasteiger partial charge in [0.2, 0.25) is 0 Å². The first-order valence-electron chi connectivity index (χ1n) is 12.0. The molecule has 0 unspecified atom stereocenters. The van der Waals surface area contributed by atoms with Gasteiger partial charge in [-0.3, -0.25) is 14.5 Å². The van der Waals surface area contributed by atoms with Crippen LogP contribution in [-0.4, -0.2) is 49.8 Å². The molecule has 0 aliphatic rings. The van der Waals surface area contributed by atoms with Crippen LogP contribution in [0.2, 0.25) is 0 Å². The molecule has 0 fully saturated rings. The Bertz CT molecular complexity index is 1420. The molecule has 0 aliphatic carbocycles. The molecule has 0 saturated carbocycles. The van der Waals surface area contributed by atoms with Crippen molar-refractivity contribution in [2.45, 2.75) is 45.9 Å². The van der Waals surface area contributed by atoms with Gasteiger partial charge in [-0.1, -0.05) is 19.1 Å². The van der Waals surface area contributed by atoms with Crippen LogP contribution in [0, 0.1) is 5.82 Å². The van der Waals surface area contributed by atoms with Crippen LogP contribution in [0.4, 0.5) is 4.39 Å². The number of aromatic nitrogens is 5. The number of fused-ring (bicyclic) bond motifs is 1. The van der Waals surface area contributed by atoms with E-state index in [0.29, 0.717) is 35.6 Å². The number of halogens is 1. The Kier molecular flexibility index (Phi) is 8.24. The van der Waals surface area contributed by atoms with Crippen LogP contribution in [0.3, 0.4) is 0 Å². The third-order valence-electron chi connectivity index (χ3n) is 6.07. The van der Waals surface area contributed by atoms with E-state index in [4.69, 9.17) is 9.47 Å². The van der Waals surface area contributed by atoms with E-state index in [0.717, 1.165) is 10.9 Å². The van der Waals surface area contributed by atoms with Gasteiger partial charge in [-0.2, -0.15) is 0 Å². The van der Waals surface area contributed by atoms with Crippen molar-refractivity contribution < 1.29 is 18.7 Å². The van der Waals surface area contributed by atoms with Crippen LogP contribution >= 0.6 is 0 Å². The van der Waals surface area contributed by atoms with Gasteiger partial charge in [0.25, 0.3) is 5.56 Å². The lowest BCUT2D eigenvalue weighted by Crippen LogP contribution is -2.33. The summed E-state index contributed by atoms with van der Waals surface area (Å²) in [7, 11) is 1.57. The Labute approximate surface area is 213 Å². The molecule has 11 heteroatoms. The van der Waals surface area contributed by atoms with Crippen molar-refractivity contribution in [2.24, 2.45) is 0 Å². The second-order valence-electron chi connectivity index (χ2n) is 8.53. The normalized spacial score (nSPS) is 12.1. The quantitative estimate of drug-likeness (QED) is 0.307. The van der Waals surface area contributed by atoms with Crippen LogP contribution in [0.5, 0.6) is 5.75 Å². The second kappa shape index (κ2) is 11.7. The lowest BCUT2D eigenvalue weighted by molar-refractivity contribution is -0.144. The first-order valence-corrected chi connectivity index (χ1v) is 12.0. The number of tetrazole rings is 1. The summed E-state index contributed by atoms with van der Waals surface area (Å²) in [4.78, 5) is 30.2. The molecule has 0 bridgehead atoms. The topological polar surface area (TPSA) is 115 Å². The van der Waals surface area contributed by atoms with Gasteiger partial charge in [-0.15, -0.1) is 5.10 Å². The summed E-state index contributed by atoms with van der Waals surface area (Å²) in [6.45, 7) is 4.48. The number of carbonyl (C=O) groups is 1. The molecule has 4 aromatic rings. The fourth-order valence-electron chi connectivity index (χ4n) is 4.29. The number of nitrogens with one attached hydrogen (secondary N) is 1. The molecule has 0 aliphatic heterocycles. The van der Waals surface area contributed by atoms with E-state index in [-0.39, 0.29) is 37.1 Å². The lowest BCUT2D eigenvalue weighted by Gasteiger charge is -2.30. The largest absolute Gasteiger partial charge is 0.497 e. The number of ether oxygens (including phenoxy) is 2. The highest BCUT2D eigenvalue weighted by Gasteiger charge is 2.27. The number of esters is 1. The molecule has 10 nitrogen and oxygen atoms in total. The van der Waals surface area contributed by atoms with Crippen LogP contribution in [-0.2, 0) is 29.2 Å². The van der Waals surface area contributed by atoms with Gasteiger partial charge >= 0.3 is 5.97 Å². The molecular formula is C26H29FN6O4. The molecule has 37 heavy (non-hydrogen) atoms. The number of hydrogen-bond acceptors (Lipinski definition) is 8. The highest BCUT2D eigenvalue weighted by molar-refractivity contribution is 5.80. The number of carbonyl (C=O) groups excluding carboxylic acids is 1. The predicted octanol–water partition coefficient (Wildman–Crippen LogP) is 3.38. The zero-order chi connectivity index (χ0) is 26.4. The Balaban J connectivity index is 1.71. The van der Waals surface area contributed by atoms with Crippen LogP contribution in [0.25, 0.3) is 10.9 Å². The first kappa shape index (κ1) is 26.0. The van der Waals surface area contributed by atoms with Gasteiger partial charge in [0.15, 0.2) is 5.82 Å². The molecule has 1 N–H and O–H groups in total.